The van der Waals surface area contributed by atoms with E-state index in [0.29, 0.717) is 39.0 Å². The smallest absolute Gasteiger partial charge is 0.244 e. The molecule has 11 heteroatoms. The fraction of sp³-hybridized carbons (Fsp3) is 0.710. The Labute approximate surface area is 249 Å². The second-order valence-corrected chi connectivity index (χ2v) is 11.8. The van der Waals surface area contributed by atoms with E-state index < -0.39 is 30.0 Å². The van der Waals surface area contributed by atoms with Crippen LogP contribution in [0.4, 0.5) is 0 Å². The summed E-state index contributed by atoms with van der Waals surface area (Å²) in [5.74, 6) is -0.252. The average molecular weight is 592 g/mol. The molecule has 3 rings (SSSR count). The number of amides is 3. The van der Waals surface area contributed by atoms with Crippen LogP contribution in [-0.2, 0) is 28.6 Å². The van der Waals surface area contributed by atoms with Gasteiger partial charge < -0.3 is 40.4 Å². The van der Waals surface area contributed by atoms with Crippen molar-refractivity contribution in [2.45, 2.75) is 115 Å². The first-order chi connectivity index (χ1) is 19.9. The summed E-state index contributed by atoms with van der Waals surface area (Å²) < 4.78 is 18.0. The van der Waals surface area contributed by atoms with Gasteiger partial charge in [-0.3, -0.25) is 14.4 Å². The molecule has 0 radical (unpaired) electrons. The van der Waals surface area contributed by atoms with E-state index >= 15 is 0 Å². The molecule has 0 aromatic carbocycles. The van der Waals surface area contributed by atoms with E-state index in [1.807, 2.05) is 26.0 Å². The number of aliphatic hydroxyl groups is 2. The highest BCUT2D eigenvalue weighted by molar-refractivity contribution is 5.87. The van der Waals surface area contributed by atoms with Gasteiger partial charge in [0.15, 0.2) is 0 Å². The van der Waals surface area contributed by atoms with Gasteiger partial charge in [0.1, 0.15) is 17.8 Å². The lowest BCUT2D eigenvalue weighted by Crippen LogP contribution is -2.51. The number of rotatable bonds is 13. The first-order valence-electron chi connectivity index (χ1n) is 15.1. The molecule has 1 spiro atoms. The number of hydrogen-bond donors (Lipinski definition) is 5. The monoisotopic (exact) mass is 591 g/mol. The summed E-state index contributed by atoms with van der Waals surface area (Å²) in [5.41, 5.74) is 0.317. The van der Waals surface area contributed by atoms with Crippen LogP contribution in [0.1, 0.15) is 66.7 Å². The van der Waals surface area contributed by atoms with E-state index in [0.717, 1.165) is 12.0 Å². The summed E-state index contributed by atoms with van der Waals surface area (Å²) in [6.07, 6.45) is 8.46. The zero-order chi connectivity index (χ0) is 30.9. The minimum absolute atomic E-state index is 0.00217. The molecule has 0 bridgehead atoms. The van der Waals surface area contributed by atoms with Crippen LogP contribution in [0.25, 0.3) is 0 Å². The third-order valence-electron chi connectivity index (χ3n) is 8.08. The van der Waals surface area contributed by atoms with Crippen molar-refractivity contribution in [1.29, 1.82) is 0 Å². The summed E-state index contributed by atoms with van der Waals surface area (Å²) in [6, 6.07) is -0.105. The van der Waals surface area contributed by atoms with Crippen molar-refractivity contribution in [3.63, 3.8) is 0 Å². The number of epoxide rings is 1. The van der Waals surface area contributed by atoms with Crippen molar-refractivity contribution in [1.82, 2.24) is 16.0 Å². The first kappa shape index (κ1) is 33.9. The van der Waals surface area contributed by atoms with E-state index in [2.05, 4.69) is 29.0 Å². The molecule has 3 fully saturated rings. The van der Waals surface area contributed by atoms with Gasteiger partial charge in [0, 0.05) is 32.0 Å². The van der Waals surface area contributed by atoms with Crippen LogP contribution in [0, 0.1) is 5.92 Å². The maximum absolute atomic E-state index is 12.4. The van der Waals surface area contributed by atoms with Crippen LogP contribution < -0.4 is 16.0 Å². The van der Waals surface area contributed by atoms with Crippen molar-refractivity contribution < 1.29 is 38.8 Å². The molecule has 0 aromatic rings. The number of aliphatic hydroxyl groups excluding tert-OH is 2. The molecule has 0 saturated carbocycles. The lowest BCUT2D eigenvalue weighted by molar-refractivity contribution is -0.145. The Balaban J connectivity index is 1.48. The van der Waals surface area contributed by atoms with Crippen molar-refractivity contribution in [2.75, 3.05) is 19.7 Å². The van der Waals surface area contributed by atoms with Crippen molar-refractivity contribution in [2.24, 2.45) is 5.92 Å². The Hall–Kier alpha value is -2.57. The Morgan fingerprint density at radius 2 is 1.79 bits per heavy atom. The molecular weight excluding hydrogens is 542 g/mol. The van der Waals surface area contributed by atoms with Crippen LogP contribution >= 0.6 is 0 Å². The Morgan fingerprint density at radius 3 is 2.43 bits per heavy atom. The number of allylic oxidation sites excluding steroid dienone is 2. The summed E-state index contributed by atoms with van der Waals surface area (Å²) in [5, 5.41) is 28.7. The summed E-state index contributed by atoms with van der Waals surface area (Å²) in [4.78, 5) is 35.9. The predicted octanol–water partition coefficient (Wildman–Crippen LogP) is 1.43. The molecule has 42 heavy (non-hydrogen) atoms. The van der Waals surface area contributed by atoms with Gasteiger partial charge in [-0.15, -0.1) is 0 Å². The number of carbonyl (C=O) groups excluding carboxylic acids is 3. The van der Waals surface area contributed by atoms with E-state index in [-0.39, 0.29) is 48.3 Å². The lowest BCUT2D eigenvalue weighted by Gasteiger charge is -2.39. The molecule has 0 aliphatic carbocycles. The largest absolute Gasteiger partial charge is 0.389 e. The van der Waals surface area contributed by atoms with Crippen LogP contribution in [0.2, 0.25) is 0 Å². The van der Waals surface area contributed by atoms with E-state index in [9.17, 15) is 24.6 Å². The van der Waals surface area contributed by atoms with Gasteiger partial charge in [0.2, 0.25) is 17.7 Å². The van der Waals surface area contributed by atoms with Gasteiger partial charge in [0.25, 0.3) is 0 Å². The SMILES string of the molecule is CCC(=O)NCCNC(=O)C[C@@H]1CC2(CO2)[C@H](O)C(/C=C/C(C)=C/CC2OC(C)C(NC(=O)/C=C\C(C)O)CC2C)O1. The fourth-order valence-electron chi connectivity index (χ4n) is 5.40. The normalized spacial score (nSPS) is 34.0. The molecule has 3 aliphatic rings. The molecule has 3 saturated heterocycles. The molecule has 7 unspecified atom stereocenters. The molecule has 0 aromatic heterocycles. The van der Waals surface area contributed by atoms with Crippen LogP contribution in [0.15, 0.2) is 36.0 Å². The van der Waals surface area contributed by atoms with Crippen LogP contribution in [0.5, 0.6) is 0 Å². The molecule has 11 nitrogen and oxygen atoms in total. The Kier molecular flexibility index (Phi) is 12.7. The molecule has 3 heterocycles. The number of ether oxygens (including phenoxy) is 3. The highest BCUT2D eigenvalue weighted by Crippen LogP contribution is 2.43. The summed E-state index contributed by atoms with van der Waals surface area (Å²) >= 11 is 0. The minimum Gasteiger partial charge on any atom is -0.389 e. The summed E-state index contributed by atoms with van der Waals surface area (Å²) in [7, 11) is 0. The highest BCUT2D eigenvalue weighted by Gasteiger charge is 2.58. The zero-order valence-corrected chi connectivity index (χ0v) is 25.5. The van der Waals surface area contributed by atoms with Gasteiger partial charge in [-0.05, 0) is 39.5 Å². The average Bonchev–Trinajstić information content (AvgIpc) is 3.71. The van der Waals surface area contributed by atoms with Crippen LogP contribution in [0.3, 0.4) is 0 Å². The van der Waals surface area contributed by atoms with E-state index in [1.165, 1.54) is 12.2 Å². The predicted molar refractivity (Wildman–Crippen MR) is 157 cm³/mol. The second-order valence-electron chi connectivity index (χ2n) is 11.8. The number of nitrogens with one attached hydrogen (secondary N) is 3. The molecule has 3 aliphatic heterocycles. The third kappa shape index (κ3) is 10.3. The fourth-order valence-corrected chi connectivity index (χ4v) is 5.40. The third-order valence-corrected chi connectivity index (χ3v) is 8.08. The Morgan fingerprint density at radius 1 is 1.10 bits per heavy atom. The molecular formula is C31H49N3O8. The maximum Gasteiger partial charge on any atom is 0.244 e. The van der Waals surface area contributed by atoms with Crippen LogP contribution in [-0.4, -0.2) is 95.9 Å². The van der Waals surface area contributed by atoms with Crippen molar-refractivity contribution >= 4 is 17.7 Å². The molecule has 3 amide bonds. The molecule has 5 N–H and O–H groups in total. The van der Waals surface area contributed by atoms with Gasteiger partial charge in [0.05, 0.1) is 43.5 Å². The highest BCUT2D eigenvalue weighted by atomic mass is 16.6. The molecule has 236 valence electrons. The quantitative estimate of drug-likeness (QED) is 0.0932. The van der Waals surface area contributed by atoms with Crippen molar-refractivity contribution in [3.8, 4) is 0 Å². The second kappa shape index (κ2) is 15.8. The first-order valence-corrected chi connectivity index (χ1v) is 15.1. The number of carbonyl (C=O) groups is 3. The van der Waals surface area contributed by atoms with Crippen molar-refractivity contribution in [3.05, 3.63) is 36.0 Å². The standard InChI is InChI=1S/C31H49N3O8/c1-6-27(36)32-13-14-33-29(38)16-23-17-31(18-40-31)30(39)26(42-23)11-8-19(2)7-10-25-20(3)15-24(22(5)41-25)34-28(37)12-9-21(4)35/h7-9,11-12,20-26,30,35,39H,6,10,13-18H2,1-5H3,(H,32,36)(H,33,38)(H,34,37)/b11-8+,12-9-,19-7+/t20?,21?,22?,23-,24?,25?,26?,30-,31?/m1/s1. The van der Waals surface area contributed by atoms with E-state index in [1.54, 1.807) is 13.8 Å². The minimum atomic E-state index is -0.824. The lowest BCUT2D eigenvalue weighted by atomic mass is 9.87. The van der Waals surface area contributed by atoms with Gasteiger partial charge in [-0.1, -0.05) is 43.7 Å². The van der Waals surface area contributed by atoms with Gasteiger partial charge >= 0.3 is 0 Å². The Bertz CT molecular complexity index is 1020. The molecule has 9 atom stereocenters. The van der Waals surface area contributed by atoms with Gasteiger partial charge in [-0.25, -0.2) is 0 Å². The number of hydrogen-bond acceptors (Lipinski definition) is 8. The maximum atomic E-state index is 12.4. The topological polar surface area (TPSA) is 159 Å². The summed E-state index contributed by atoms with van der Waals surface area (Å²) in [6.45, 7) is 10.6. The van der Waals surface area contributed by atoms with E-state index in [4.69, 9.17) is 14.2 Å². The van der Waals surface area contributed by atoms with Gasteiger partial charge in [-0.2, -0.15) is 0 Å². The zero-order valence-electron chi connectivity index (χ0n) is 25.5.